The maximum atomic E-state index is 12.5. The molecule has 23 heavy (non-hydrogen) atoms. The van der Waals surface area contributed by atoms with E-state index in [1.807, 2.05) is 47.8 Å². The molecule has 0 spiro atoms. The number of carbonyl (C=O) groups excluding carboxylic acids is 2. The largest absolute Gasteiger partial charge is 0.350 e. The molecule has 0 unspecified atom stereocenters. The van der Waals surface area contributed by atoms with Crippen molar-refractivity contribution in [1.29, 1.82) is 0 Å². The third-order valence-electron chi connectivity index (χ3n) is 4.09. The van der Waals surface area contributed by atoms with Gasteiger partial charge in [0.15, 0.2) is 0 Å². The maximum absolute atomic E-state index is 12.5. The number of benzene rings is 1. The van der Waals surface area contributed by atoms with Crippen molar-refractivity contribution in [1.82, 2.24) is 10.2 Å². The van der Waals surface area contributed by atoms with Crippen LogP contribution in [0.1, 0.15) is 23.3 Å². The lowest BCUT2D eigenvalue weighted by atomic mass is 10.1. The van der Waals surface area contributed by atoms with Crippen molar-refractivity contribution in [3.63, 3.8) is 0 Å². The van der Waals surface area contributed by atoms with Gasteiger partial charge in [0.05, 0.1) is 6.42 Å². The Morgan fingerprint density at radius 3 is 2.74 bits per heavy atom. The molecule has 2 amide bonds. The molecule has 0 saturated carbocycles. The molecule has 1 fully saturated rings. The molecule has 1 aromatic heterocycles. The van der Waals surface area contributed by atoms with Gasteiger partial charge in [0, 0.05) is 18.0 Å². The molecule has 0 aliphatic carbocycles. The van der Waals surface area contributed by atoms with Crippen LogP contribution in [0.3, 0.4) is 0 Å². The average Bonchev–Trinajstić information content (AvgIpc) is 3.24. The minimum absolute atomic E-state index is 0.0461. The minimum atomic E-state index is -0.328. The van der Waals surface area contributed by atoms with Gasteiger partial charge in [-0.25, -0.2) is 0 Å². The highest BCUT2D eigenvalue weighted by atomic mass is 32.1. The van der Waals surface area contributed by atoms with Crippen molar-refractivity contribution in [3.8, 4) is 0 Å². The van der Waals surface area contributed by atoms with Crippen LogP contribution in [-0.2, 0) is 22.6 Å². The first-order chi connectivity index (χ1) is 11.2. The van der Waals surface area contributed by atoms with Gasteiger partial charge >= 0.3 is 0 Å². The van der Waals surface area contributed by atoms with Gasteiger partial charge in [0.1, 0.15) is 6.04 Å². The summed E-state index contributed by atoms with van der Waals surface area (Å²) in [4.78, 5) is 27.7. The summed E-state index contributed by atoms with van der Waals surface area (Å²) in [5, 5.41) is 4.92. The normalized spacial score (nSPS) is 17.2. The highest BCUT2D eigenvalue weighted by Gasteiger charge is 2.33. The molecule has 3 rings (SSSR count). The van der Waals surface area contributed by atoms with E-state index in [0.29, 0.717) is 19.5 Å². The van der Waals surface area contributed by atoms with Gasteiger partial charge < -0.3 is 10.2 Å². The SMILES string of the molecule is O=C(NCc1ccccc1)[C@H]1CCCN1C(=O)Cc1cccs1. The number of carbonyl (C=O) groups is 2. The first-order valence-corrected chi connectivity index (χ1v) is 8.75. The average molecular weight is 328 g/mol. The second-order valence-corrected chi connectivity index (χ2v) is 6.74. The van der Waals surface area contributed by atoms with Gasteiger partial charge in [0.2, 0.25) is 11.8 Å². The lowest BCUT2D eigenvalue weighted by Crippen LogP contribution is -2.46. The summed E-state index contributed by atoms with van der Waals surface area (Å²) >= 11 is 1.58. The van der Waals surface area contributed by atoms with E-state index in [1.54, 1.807) is 16.2 Å². The molecule has 0 radical (unpaired) electrons. The fourth-order valence-corrected chi connectivity index (χ4v) is 3.60. The van der Waals surface area contributed by atoms with Gasteiger partial charge in [-0.3, -0.25) is 9.59 Å². The van der Waals surface area contributed by atoms with Crippen LogP contribution < -0.4 is 5.32 Å². The van der Waals surface area contributed by atoms with Gasteiger partial charge in [-0.05, 0) is 29.9 Å². The molecule has 1 atom stereocenters. The first kappa shape index (κ1) is 15.7. The summed E-state index contributed by atoms with van der Waals surface area (Å²) in [6, 6.07) is 13.4. The molecule has 120 valence electrons. The van der Waals surface area contributed by atoms with Crippen molar-refractivity contribution in [2.24, 2.45) is 0 Å². The molecular formula is C18H20N2O2S. The van der Waals surface area contributed by atoms with E-state index >= 15 is 0 Å². The van der Waals surface area contributed by atoms with Gasteiger partial charge in [-0.2, -0.15) is 0 Å². The number of hydrogen-bond donors (Lipinski definition) is 1. The van der Waals surface area contributed by atoms with Crippen LogP contribution in [0.5, 0.6) is 0 Å². The van der Waals surface area contributed by atoms with Crippen LogP contribution in [0.4, 0.5) is 0 Å². The molecule has 4 nitrogen and oxygen atoms in total. The summed E-state index contributed by atoms with van der Waals surface area (Å²) in [5.74, 6) is -0.00399. The maximum Gasteiger partial charge on any atom is 0.243 e. The highest BCUT2D eigenvalue weighted by Crippen LogP contribution is 2.20. The van der Waals surface area contributed by atoms with Crippen LogP contribution in [0.25, 0.3) is 0 Å². The second kappa shape index (κ2) is 7.42. The third kappa shape index (κ3) is 3.99. The number of nitrogens with zero attached hydrogens (tertiary/aromatic N) is 1. The van der Waals surface area contributed by atoms with Crippen LogP contribution in [-0.4, -0.2) is 29.3 Å². The van der Waals surface area contributed by atoms with Crippen LogP contribution in [0, 0.1) is 0 Å². The van der Waals surface area contributed by atoms with Crippen molar-refractivity contribution < 1.29 is 9.59 Å². The van der Waals surface area contributed by atoms with E-state index in [1.165, 1.54) is 0 Å². The van der Waals surface area contributed by atoms with Crippen molar-refractivity contribution in [2.45, 2.75) is 31.8 Å². The van der Waals surface area contributed by atoms with Crippen LogP contribution in [0.2, 0.25) is 0 Å². The molecule has 1 saturated heterocycles. The second-order valence-electron chi connectivity index (χ2n) is 5.70. The predicted octanol–water partition coefficient (Wildman–Crippen LogP) is 2.60. The molecule has 1 aliphatic rings. The number of rotatable bonds is 5. The Morgan fingerprint density at radius 2 is 2.00 bits per heavy atom. The first-order valence-electron chi connectivity index (χ1n) is 7.87. The number of thiophene rings is 1. The monoisotopic (exact) mass is 328 g/mol. The number of likely N-dealkylation sites (tertiary alicyclic amines) is 1. The Bertz CT molecular complexity index is 655. The summed E-state index contributed by atoms with van der Waals surface area (Å²) in [5.41, 5.74) is 1.07. The van der Waals surface area contributed by atoms with E-state index < -0.39 is 0 Å². The third-order valence-corrected chi connectivity index (χ3v) is 4.97. The fraction of sp³-hybridized carbons (Fsp3) is 0.333. The van der Waals surface area contributed by atoms with E-state index in [9.17, 15) is 9.59 Å². The standard InChI is InChI=1S/C18H20N2O2S/c21-17(12-15-8-5-11-23-15)20-10-4-9-16(20)18(22)19-13-14-6-2-1-3-7-14/h1-3,5-8,11,16H,4,9-10,12-13H2,(H,19,22)/t16-/m1/s1. The lowest BCUT2D eigenvalue weighted by Gasteiger charge is -2.24. The molecule has 5 heteroatoms. The highest BCUT2D eigenvalue weighted by molar-refractivity contribution is 7.10. The zero-order chi connectivity index (χ0) is 16.1. The Hall–Kier alpha value is -2.14. The zero-order valence-corrected chi connectivity index (χ0v) is 13.7. The number of nitrogens with one attached hydrogen (secondary N) is 1. The summed E-state index contributed by atoms with van der Waals surface area (Å²) in [6.07, 6.45) is 2.02. The molecule has 0 bridgehead atoms. The Morgan fingerprint density at radius 1 is 1.17 bits per heavy atom. The molecule has 1 aliphatic heterocycles. The molecule has 2 aromatic rings. The quantitative estimate of drug-likeness (QED) is 0.917. The number of amides is 2. The van der Waals surface area contributed by atoms with Gasteiger partial charge in [-0.1, -0.05) is 36.4 Å². The van der Waals surface area contributed by atoms with Crippen molar-refractivity contribution in [3.05, 3.63) is 58.3 Å². The minimum Gasteiger partial charge on any atom is -0.350 e. The molecule has 2 heterocycles. The van der Waals surface area contributed by atoms with E-state index in [4.69, 9.17) is 0 Å². The van der Waals surface area contributed by atoms with Gasteiger partial charge in [0.25, 0.3) is 0 Å². The predicted molar refractivity (Wildman–Crippen MR) is 91.0 cm³/mol. The smallest absolute Gasteiger partial charge is 0.243 e. The Balaban J connectivity index is 1.57. The fourth-order valence-electron chi connectivity index (χ4n) is 2.90. The Labute approximate surface area is 140 Å². The van der Waals surface area contributed by atoms with E-state index in [2.05, 4.69) is 5.32 Å². The van der Waals surface area contributed by atoms with Crippen molar-refractivity contribution >= 4 is 23.2 Å². The summed E-state index contributed by atoms with van der Waals surface area (Å²) in [6.45, 7) is 1.18. The molecular weight excluding hydrogens is 308 g/mol. The zero-order valence-electron chi connectivity index (χ0n) is 12.9. The van der Waals surface area contributed by atoms with E-state index in [-0.39, 0.29) is 17.9 Å². The molecule has 1 aromatic carbocycles. The summed E-state index contributed by atoms with van der Waals surface area (Å²) in [7, 11) is 0. The van der Waals surface area contributed by atoms with Crippen LogP contribution in [0.15, 0.2) is 47.8 Å². The van der Waals surface area contributed by atoms with Gasteiger partial charge in [-0.15, -0.1) is 11.3 Å². The summed E-state index contributed by atoms with van der Waals surface area (Å²) < 4.78 is 0. The number of hydrogen-bond acceptors (Lipinski definition) is 3. The topological polar surface area (TPSA) is 49.4 Å². The van der Waals surface area contributed by atoms with E-state index in [0.717, 1.165) is 23.3 Å². The lowest BCUT2D eigenvalue weighted by molar-refractivity contribution is -0.138. The molecule has 1 N–H and O–H groups in total. The Kier molecular flexibility index (Phi) is 5.08. The van der Waals surface area contributed by atoms with Crippen LogP contribution >= 0.6 is 11.3 Å². The van der Waals surface area contributed by atoms with Crippen molar-refractivity contribution in [2.75, 3.05) is 6.54 Å².